The summed E-state index contributed by atoms with van der Waals surface area (Å²) in [5, 5.41) is 0. The predicted molar refractivity (Wildman–Crippen MR) is 115 cm³/mol. The van der Waals surface area contributed by atoms with Gasteiger partial charge in [0.05, 0.1) is 11.5 Å². The van der Waals surface area contributed by atoms with E-state index < -0.39 is 16.1 Å². The Bertz CT molecular complexity index is 1220. The third-order valence-electron chi connectivity index (χ3n) is 4.99. The highest BCUT2D eigenvalue weighted by Crippen LogP contribution is 2.32. The highest BCUT2D eigenvalue weighted by atomic mass is 32.2. The molecule has 1 atom stereocenters. The summed E-state index contributed by atoms with van der Waals surface area (Å²) < 4.78 is 28.4. The van der Waals surface area contributed by atoms with E-state index in [0.717, 1.165) is 5.56 Å². The van der Waals surface area contributed by atoms with Gasteiger partial charge in [-0.15, -0.1) is 0 Å². The number of nitrogens with one attached hydrogen (secondary N) is 1. The molecule has 1 N–H and O–H groups in total. The maximum atomic E-state index is 13.2. The molecule has 3 aromatic carbocycles. The van der Waals surface area contributed by atoms with Crippen molar-refractivity contribution in [2.75, 3.05) is 11.4 Å². The minimum absolute atomic E-state index is 0.173. The van der Waals surface area contributed by atoms with E-state index in [-0.39, 0.29) is 17.3 Å². The molecule has 0 spiro atoms. The minimum atomic E-state index is -3.74. The number of hydrogen-bond acceptors (Lipinski definition) is 3. The summed E-state index contributed by atoms with van der Waals surface area (Å²) in [5.74, 6) is -0.212. The summed E-state index contributed by atoms with van der Waals surface area (Å²) in [7, 11) is -3.74. The first-order valence-corrected chi connectivity index (χ1v) is 10.9. The molecule has 4 rings (SSSR count). The number of sulfonamides is 1. The number of amides is 1. The van der Waals surface area contributed by atoms with Crippen LogP contribution in [-0.2, 0) is 16.4 Å². The molecule has 3 aromatic rings. The van der Waals surface area contributed by atoms with Crippen LogP contribution in [0.2, 0.25) is 0 Å². The van der Waals surface area contributed by atoms with Crippen LogP contribution in [0.15, 0.2) is 83.8 Å². The molecule has 1 aliphatic heterocycles. The number of benzene rings is 3. The number of hydrogen-bond donors (Lipinski definition) is 1. The fourth-order valence-electron chi connectivity index (χ4n) is 3.61. The molecule has 0 fully saturated rings. The highest BCUT2D eigenvalue weighted by molar-refractivity contribution is 7.89. The molecule has 1 amide bonds. The number of nitrogens with zero attached hydrogens (tertiary/aromatic N) is 2. The Balaban J connectivity index is 1.69. The average Bonchev–Trinajstić information content (AvgIpc) is 2.78. The van der Waals surface area contributed by atoms with Gasteiger partial charge in [0.15, 0.2) is 5.69 Å². The van der Waals surface area contributed by atoms with Crippen molar-refractivity contribution < 1.29 is 13.2 Å². The molecule has 0 saturated carbocycles. The lowest BCUT2D eigenvalue weighted by Gasteiger charge is -2.35. The van der Waals surface area contributed by atoms with Gasteiger partial charge < -0.3 is 4.90 Å². The molecule has 0 aliphatic carbocycles. The summed E-state index contributed by atoms with van der Waals surface area (Å²) in [6, 6.07) is 21.6. The smallest absolute Gasteiger partial charge is 0.258 e. The van der Waals surface area contributed by atoms with E-state index in [2.05, 4.69) is 9.57 Å². The zero-order chi connectivity index (χ0) is 21.1. The van der Waals surface area contributed by atoms with Gasteiger partial charge in [-0.2, -0.15) is 0 Å². The normalized spacial score (nSPS) is 15.8. The Morgan fingerprint density at radius 1 is 1.00 bits per heavy atom. The Kier molecular flexibility index (Phi) is 5.36. The van der Waals surface area contributed by atoms with Crippen molar-refractivity contribution in [3.05, 3.63) is 101 Å². The number of rotatable bonds is 4. The van der Waals surface area contributed by atoms with E-state index in [0.29, 0.717) is 23.4 Å². The van der Waals surface area contributed by atoms with Crippen molar-refractivity contribution in [2.24, 2.45) is 0 Å². The molecule has 0 bridgehead atoms. The number of carbonyl (C=O) groups is 1. The van der Waals surface area contributed by atoms with Crippen LogP contribution >= 0.6 is 0 Å². The second-order valence-corrected chi connectivity index (χ2v) is 8.76. The van der Waals surface area contributed by atoms with Gasteiger partial charge in [0.25, 0.3) is 5.91 Å². The van der Waals surface area contributed by atoms with E-state index in [1.165, 1.54) is 12.1 Å². The third kappa shape index (κ3) is 3.96. The van der Waals surface area contributed by atoms with Crippen LogP contribution in [0.1, 0.15) is 15.9 Å². The lowest BCUT2D eigenvalue weighted by molar-refractivity contribution is 0.0982. The van der Waals surface area contributed by atoms with Gasteiger partial charge in [0, 0.05) is 23.8 Å². The van der Waals surface area contributed by atoms with Crippen molar-refractivity contribution in [2.45, 2.75) is 17.4 Å². The average molecular weight is 417 g/mol. The van der Waals surface area contributed by atoms with Crippen LogP contribution in [0.3, 0.4) is 0 Å². The van der Waals surface area contributed by atoms with Gasteiger partial charge in [-0.05, 0) is 42.3 Å². The predicted octanol–water partition coefficient (Wildman–Crippen LogP) is 3.79. The van der Waals surface area contributed by atoms with Gasteiger partial charge >= 0.3 is 0 Å². The molecule has 0 unspecified atom stereocenters. The topological polar surface area (TPSA) is 70.8 Å². The van der Waals surface area contributed by atoms with Crippen molar-refractivity contribution in [3.8, 4) is 0 Å². The third-order valence-corrected chi connectivity index (χ3v) is 6.53. The van der Waals surface area contributed by atoms with E-state index in [9.17, 15) is 13.2 Å². The molecular weight excluding hydrogens is 398 g/mol. The Labute approximate surface area is 175 Å². The fourth-order valence-corrected chi connectivity index (χ4v) is 4.86. The van der Waals surface area contributed by atoms with Crippen molar-refractivity contribution >= 4 is 27.3 Å². The lowest BCUT2D eigenvalue weighted by Crippen LogP contribution is -2.50. The van der Waals surface area contributed by atoms with Gasteiger partial charge in [-0.1, -0.05) is 48.5 Å². The van der Waals surface area contributed by atoms with Crippen LogP contribution in [-0.4, -0.2) is 26.9 Å². The zero-order valence-electron chi connectivity index (χ0n) is 16.0. The summed E-state index contributed by atoms with van der Waals surface area (Å²) in [6.45, 7) is 7.47. The maximum Gasteiger partial charge on any atom is 0.258 e. The van der Waals surface area contributed by atoms with Crippen LogP contribution in [0.25, 0.3) is 4.85 Å². The van der Waals surface area contributed by atoms with E-state index in [1.807, 2.05) is 6.07 Å². The first-order chi connectivity index (χ1) is 14.5. The second-order valence-electron chi connectivity index (χ2n) is 7.04. The largest absolute Gasteiger partial charge is 0.307 e. The lowest BCUT2D eigenvalue weighted by atomic mass is 9.97. The summed E-state index contributed by atoms with van der Waals surface area (Å²) in [6.07, 6.45) is 0.392. The van der Waals surface area contributed by atoms with Gasteiger partial charge in [0.2, 0.25) is 10.0 Å². The first kappa shape index (κ1) is 19.8. The molecule has 0 saturated heterocycles. The second kappa shape index (κ2) is 8.11. The summed E-state index contributed by atoms with van der Waals surface area (Å²) in [4.78, 5) is 18.4. The molecule has 1 heterocycles. The van der Waals surface area contributed by atoms with Gasteiger partial charge in [0.1, 0.15) is 0 Å². The minimum Gasteiger partial charge on any atom is -0.307 e. The first-order valence-electron chi connectivity index (χ1n) is 9.42. The standard InChI is InChI=1S/C23H19N3O3S/c1-24-19-12-13-22-18(14-19)15-20(25-30(28,29)21-10-6-3-7-11-21)16-26(22)23(27)17-8-4-2-5-9-17/h2-14,20,25H,15-16H2/t20-/m0/s1. The Hall–Kier alpha value is -3.47. The zero-order valence-corrected chi connectivity index (χ0v) is 16.8. The fraction of sp³-hybridized carbons (Fsp3) is 0.130. The van der Waals surface area contributed by atoms with Gasteiger partial charge in [-0.25, -0.2) is 18.0 Å². The molecule has 0 aromatic heterocycles. The maximum absolute atomic E-state index is 13.2. The molecule has 30 heavy (non-hydrogen) atoms. The number of fused-ring (bicyclic) bond motifs is 1. The highest BCUT2D eigenvalue weighted by Gasteiger charge is 2.31. The van der Waals surface area contributed by atoms with Crippen molar-refractivity contribution in [1.29, 1.82) is 0 Å². The Morgan fingerprint density at radius 2 is 1.67 bits per heavy atom. The molecule has 150 valence electrons. The summed E-state index contributed by atoms with van der Waals surface area (Å²) >= 11 is 0. The number of anilines is 1. The van der Waals surface area contributed by atoms with E-state index >= 15 is 0 Å². The van der Waals surface area contributed by atoms with Gasteiger partial charge in [-0.3, -0.25) is 4.79 Å². The molecule has 7 heteroatoms. The van der Waals surface area contributed by atoms with Crippen LogP contribution < -0.4 is 9.62 Å². The SMILES string of the molecule is [C-]#[N+]c1ccc2c(c1)C[C@H](NS(=O)(=O)c1ccccc1)CN2C(=O)c1ccccc1. The quantitative estimate of drug-likeness (QED) is 0.657. The summed E-state index contributed by atoms with van der Waals surface area (Å²) in [5.41, 5.74) is 2.43. The monoisotopic (exact) mass is 417 g/mol. The molecule has 0 radical (unpaired) electrons. The van der Waals surface area contributed by atoms with Crippen LogP contribution in [0.5, 0.6) is 0 Å². The van der Waals surface area contributed by atoms with E-state index in [4.69, 9.17) is 6.57 Å². The van der Waals surface area contributed by atoms with E-state index in [1.54, 1.807) is 65.6 Å². The van der Waals surface area contributed by atoms with Crippen molar-refractivity contribution in [3.63, 3.8) is 0 Å². The number of carbonyl (C=O) groups excluding carboxylic acids is 1. The molecular formula is C23H19N3O3S. The van der Waals surface area contributed by atoms with Crippen molar-refractivity contribution in [1.82, 2.24) is 4.72 Å². The Morgan fingerprint density at radius 3 is 2.33 bits per heavy atom. The molecule has 6 nitrogen and oxygen atoms in total. The van der Waals surface area contributed by atoms with Crippen LogP contribution in [0.4, 0.5) is 11.4 Å². The van der Waals surface area contributed by atoms with Crippen LogP contribution in [0, 0.1) is 6.57 Å². The molecule has 1 aliphatic rings.